The lowest BCUT2D eigenvalue weighted by Crippen LogP contribution is -2.37. The Hall–Kier alpha value is -2.38. The largest absolute Gasteiger partial charge is 0.492 e. The van der Waals surface area contributed by atoms with Crippen molar-refractivity contribution in [3.05, 3.63) is 29.8 Å². The number of methoxy groups -OCH3 is 1. The molecule has 2 heterocycles. The van der Waals surface area contributed by atoms with E-state index in [2.05, 4.69) is 17.1 Å². The van der Waals surface area contributed by atoms with Gasteiger partial charge in [-0.15, -0.1) is 0 Å². The van der Waals surface area contributed by atoms with Crippen LogP contribution in [0.4, 0.5) is 11.4 Å². The monoisotopic (exact) mass is 412 g/mol. The second-order valence-electron chi connectivity index (χ2n) is 8.43. The van der Waals surface area contributed by atoms with Crippen LogP contribution in [0.25, 0.3) is 0 Å². The van der Waals surface area contributed by atoms with E-state index in [0.717, 1.165) is 30.8 Å². The predicted molar refractivity (Wildman–Crippen MR) is 112 cm³/mol. The third-order valence-corrected chi connectivity index (χ3v) is 6.82. The second kappa shape index (κ2) is 7.71. The van der Waals surface area contributed by atoms with Crippen molar-refractivity contribution in [3.63, 3.8) is 0 Å². The average Bonchev–Trinajstić information content (AvgIpc) is 3.44. The lowest BCUT2D eigenvalue weighted by atomic mass is 9.85. The molecule has 1 aromatic rings. The van der Waals surface area contributed by atoms with Crippen LogP contribution in [0, 0.1) is 23.7 Å². The van der Waals surface area contributed by atoms with Gasteiger partial charge in [0.05, 0.1) is 49.6 Å². The van der Waals surface area contributed by atoms with Crippen molar-refractivity contribution in [1.29, 1.82) is 0 Å². The lowest BCUT2D eigenvalue weighted by molar-refractivity contribution is -0.123. The van der Waals surface area contributed by atoms with Gasteiger partial charge >= 0.3 is 0 Å². The first kappa shape index (κ1) is 19.6. The number of carbonyl (C=O) groups is 2. The molecule has 1 aromatic carbocycles. The minimum atomic E-state index is -0.225. The molecule has 0 radical (unpaired) electrons. The van der Waals surface area contributed by atoms with Crippen LogP contribution in [0.2, 0.25) is 0 Å². The first-order chi connectivity index (χ1) is 14.6. The van der Waals surface area contributed by atoms with Crippen LogP contribution < -0.4 is 14.5 Å². The Bertz CT molecular complexity index is 862. The zero-order valence-corrected chi connectivity index (χ0v) is 17.5. The molecular formula is C23H28N2O5. The minimum absolute atomic E-state index is 0.0826. The Morgan fingerprint density at radius 3 is 2.30 bits per heavy atom. The van der Waals surface area contributed by atoms with E-state index in [1.54, 1.807) is 7.11 Å². The summed E-state index contributed by atoms with van der Waals surface area (Å²) in [5.41, 5.74) is 2.38. The predicted octanol–water partition coefficient (Wildman–Crippen LogP) is 2.38. The minimum Gasteiger partial charge on any atom is -0.492 e. The topological polar surface area (TPSA) is 68.3 Å². The number of allylic oxidation sites excluding steroid dienone is 2. The number of hydrogen-bond donors (Lipinski definition) is 0. The van der Waals surface area contributed by atoms with Crippen LogP contribution in [-0.2, 0) is 25.7 Å². The van der Waals surface area contributed by atoms with Gasteiger partial charge in [0.1, 0.15) is 5.75 Å². The first-order valence-electron chi connectivity index (χ1n) is 10.8. The summed E-state index contributed by atoms with van der Waals surface area (Å²) in [5.74, 6) is 0.446. The molecule has 4 aliphatic rings. The van der Waals surface area contributed by atoms with Crippen LogP contribution in [0.15, 0.2) is 24.3 Å². The van der Waals surface area contributed by atoms with Gasteiger partial charge in [-0.3, -0.25) is 9.59 Å². The van der Waals surface area contributed by atoms with Gasteiger partial charge in [-0.2, -0.15) is 0 Å². The van der Waals surface area contributed by atoms with Crippen molar-refractivity contribution in [2.24, 2.45) is 23.7 Å². The summed E-state index contributed by atoms with van der Waals surface area (Å²) < 4.78 is 16.9. The van der Waals surface area contributed by atoms with Crippen molar-refractivity contribution in [1.82, 2.24) is 0 Å². The molecule has 2 amide bonds. The number of amides is 2. The zero-order valence-electron chi connectivity index (χ0n) is 17.5. The molecule has 0 N–H and O–H groups in total. The quantitative estimate of drug-likeness (QED) is 0.528. The summed E-state index contributed by atoms with van der Waals surface area (Å²) in [6.07, 6.45) is 5.15. The number of anilines is 2. The fraction of sp³-hybridized carbons (Fsp3) is 0.565. The van der Waals surface area contributed by atoms with Gasteiger partial charge in [0.2, 0.25) is 11.8 Å². The molecule has 30 heavy (non-hydrogen) atoms. The van der Waals surface area contributed by atoms with Crippen LogP contribution in [0.3, 0.4) is 0 Å². The standard InChI is InChI=1S/C23H28N2O5/c1-3-30-19-12-17(16(13-28-2)11-18(19)24-6-8-29-9-7-24)25-22(26)20-14-4-5-15(10-14)21(20)23(25)27/h4-5,11-12,14-15,20-21H,3,6-10,13H2,1-2H3/t14-,15+,20-,21+. The lowest BCUT2D eigenvalue weighted by Gasteiger charge is -2.32. The molecule has 2 bridgehead atoms. The van der Waals surface area contributed by atoms with E-state index in [1.165, 1.54) is 4.90 Å². The highest BCUT2D eigenvalue weighted by Crippen LogP contribution is 2.54. The molecule has 0 unspecified atom stereocenters. The van der Waals surface area contributed by atoms with E-state index in [1.807, 2.05) is 19.1 Å². The van der Waals surface area contributed by atoms with Crippen LogP contribution in [0.5, 0.6) is 5.75 Å². The number of ether oxygens (including phenoxy) is 3. The Morgan fingerprint density at radius 2 is 1.70 bits per heavy atom. The van der Waals surface area contributed by atoms with Gasteiger partial charge < -0.3 is 19.1 Å². The van der Waals surface area contributed by atoms with E-state index in [0.29, 0.717) is 37.9 Å². The highest BCUT2D eigenvalue weighted by atomic mass is 16.5. The molecule has 7 heteroatoms. The highest BCUT2D eigenvalue weighted by molar-refractivity contribution is 6.23. The molecule has 2 aliphatic heterocycles. The van der Waals surface area contributed by atoms with E-state index < -0.39 is 0 Å². The molecule has 2 aliphatic carbocycles. The third kappa shape index (κ3) is 2.94. The van der Waals surface area contributed by atoms with Gasteiger partial charge in [0.15, 0.2) is 0 Å². The molecule has 5 rings (SSSR count). The van der Waals surface area contributed by atoms with Gasteiger partial charge in [0, 0.05) is 31.8 Å². The van der Waals surface area contributed by atoms with Crippen LogP contribution in [0.1, 0.15) is 18.9 Å². The third-order valence-electron chi connectivity index (χ3n) is 6.82. The van der Waals surface area contributed by atoms with E-state index >= 15 is 0 Å². The summed E-state index contributed by atoms with van der Waals surface area (Å²) in [7, 11) is 1.63. The highest BCUT2D eigenvalue weighted by Gasteiger charge is 2.59. The number of nitrogens with zero attached hydrogens (tertiary/aromatic N) is 2. The maximum absolute atomic E-state index is 13.4. The van der Waals surface area contributed by atoms with Gasteiger partial charge in [0.25, 0.3) is 0 Å². The Kier molecular flexibility index (Phi) is 5.03. The van der Waals surface area contributed by atoms with E-state index in [4.69, 9.17) is 14.2 Å². The number of carbonyl (C=O) groups excluding carboxylic acids is 2. The number of morpholine rings is 1. The number of imide groups is 1. The smallest absolute Gasteiger partial charge is 0.238 e. The van der Waals surface area contributed by atoms with Crippen molar-refractivity contribution in [2.45, 2.75) is 20.0 Å². The van der Waals surface area contributed by atoms with E-state index in [-0.39, 0.29) is 35.5 Å². The van der Waals surface area contributed by atoms with Crippen LogP contribution >= 0.6 is 0 Å². The van der Waals surface area contributed by atoms with E-state index in [9.17, 15) is 9.59 Å². The fourth-order valence-electron chi connectivity index (χ4n) is 5.54. The number of rotatable bonds is 6. The van der Waals surface area contributed by atoms with Gasteiger partial charge in [-0.25, -0.2) is 4.90 Å². The van der Waals surface area contributed by atoms with Gasteiger partial charge in [-0.05, 0) is 31.2 Å². The second-order valence-corrected chi connectivity index (χ2v) is 8.43. The number of hydrogen-bond acceptors (Lipinski definition) is 6. The first-order valence-corrected chi connectivity index (χ1v) is 10.8. The molecular weight excluding hydrogens is 384 g/mol. The summed E-state index contributed by atoms with van der Waals surface area (Å²) in [5, 5.41) is 0. The Morgan fingerprint density at radius 1 is 1.03 bits per heavy atom. The zero-order chi connectivity index (χ0) is 20.8. The molecule has 0 spiro atoms. The summed E-state index contributed by atoms with van der Waals surface area (Å²) >= 11 is 0. The molecule has 4 atom stereocenters. The summed E-state index contributed by atoms with van der Waals surface area (Å²) in [4.78, 5) is 30.4. The molecule has 1 saturated carbocycles. The van der Waals surface area contributed by atoms with Crippen molar-refractivity contribution in [3.8, 4) is 5.75 Å². The van der Waals surface area contributed by atoms with Crippen molar-refractivity contribution >= 4 is 23.2 Å². The number of fused-ring (bicyclic) bond motifs is 5. The molecule has 160 valence electrons. The molecule has 3 fully saturated rings. The summed E-state index contributed by atoms with van der Waals surface area (Å²) in [6, 6.07) is 3.87. The number of benzene rings is 1. The van der Waals surface area contributed by atoms with Crippen molar-refractivity contribution in [2.75, 3.05) is 49.8 Å². The van der Waals surface area contributed by atoms with Gasteiger partial charge in [-0.1, -0.05) is 12.2 Å². The fourth-order valence-corrected chi connectivity index (χ4v) is 5.54. The molecule has 0 aromatic heterocycles. The normalized spacial score (nSPS) is 29.8. The van der Waals surface area contributed by atoms with Crippen LogP contribution in [-0.4, -0.2) is 51.8 Å². The maximum Gasteiger partial charge on any atom is 0.238 e. The molecule has 2 saturated heterocycles. The summed E-state index contributed by atoms with van der Waals surface area (Å²) in [6.45, 7) is 5.62. The maximum atomic E-state index is 13.4. The SMILES string of the molecule is CCOc1cc(N2C(=O)[C@@H]3[C@H](C2=O)[C@@H]2C=C[C@H]3C2)c(COC)cc1N1CCOCC1. The Balaban J connectivity index is 1.56. The average molecular weight is 412 g/mol. The molecule has 7 nitrogen and oxygen atoms in total. The Labute approximate surface area is 176 Å². The van der Waals surface area contributed by atoms with Crippen molar-refractivity contribution < 1.29 is 23.8 Å².